The highest BCUT2D eigenvalue weighted by Gasteiger charge is 2.37. The number of sulfonamides is 1. The van der Waals surface area contributed by atoms with Gasteiger partial charge in [0.2, 0.25) is 6.10 Å². The summed E-state index contributed by atoms with van der Waals surface area (Å²) in [5.74, 6) is -1.12. The minimum Gasteiger partial charge on any atom is -0.478 e. The summed E-state index contributed by atoms with van der Waals surface area (Å²) in [5.41, 5.74) is 0.190. The maximum absolute atomic E-state index is 12.9. The van der Waals surface area contributed by atoms with Gasteiger partial charge in [-0.25, -0.2) is 13.2 Å². The smallest absolute Gasteiger partial charge is 0.346 e. The molecule has 1 aliphatic rings. The normalized spacial score (nSPS) is 17.1. The number of aliphatic carboxylic acids is 1. The standard InChI is InChI=1S/C15H11Cl2NO5S/c16-9-1-4-11(5-2-9)24(21,22)18-8-14(15(19)20)23-13-6-3-10(17)7-12(13)18/h1-7,14H,8H2,(H,19,20). The Morgan fingerprint density at radius 3 is 2.38 bits per heavy atom. The first-order valence-corrected chi connectivity index (χ1v) is 8.96. The van der Waals surface area contributed by atoms with Gasteiger partial charge in [0.25, 0.3) is 10.0 Å². The van der Waals surface area contributed by atoms with Gasteiger partial charge in [0.1, 0.15) is 5.75 Å². The lowest BCUT2D eigenvalue weighted by Gasteiger charge is -2.33. The number of benzene rings is 2. The molecule has 1 atom stereocenters. The molecule has 0 amide bonds. The van der Waals surface area contributed by atoms with Crippen LogP contribution in [-0.4, -0.2) is 32.1 Å². The molecule has 0 aromatic heterocycles. The van der Waals surface area contributed by atoms with Crippen LogP contribution >= 0.6 is 23.2 Å². The lowest BCUT2D eigenvalue weighted by atomic mass is 10.2. The largest absolute Gasteiger partial charge is 0.478 e. The molecule has 9 heteroatoms. The first-order chi connectivity index (χ1) is 11.3. The van der Waals surface area contributed by atoms with Crippen molar-refractivity contribution < 1.29 is 23.1 Å². The lowest BCUT2D eigenvalue weighted by Crippen LogP contribution is -2.47. The molecule has 24 heavy (non-hydrogen) atoms. The molecule has 0 spiro atoms. The maximum Gasteiger partial charge on any atom is 0.346 e. The molecule has 1 heterocycles. The maximum atomic E-state index is 12.9. The summed E-state index contributed by atoms with van der Waals surface area (Å²) in [4.78, 5) is 11.3. The molecule has 1 aliphatic heterocycles. The fourth-order valence-electron chi connectivity index (χ4n) is 2.31. The zero-order chi connectivity index (χ0) is 17.5. The average molecular weight is 388 g/mol. The predicted octanol–water partition coefficient (Wildman–Crippen LogP) is 3.03. The van der Waals surface area contributed by atoms with Gasteiger partial charge in [-0.2, -0.15) is 0 Å². The van der Waals surface area contributed by atoms with Crippen LogP contribution in [0.15, 0.2) is 47.4 Å². The Morgan fingerprint density at radius 2 is 1.75 bits per heavy atom. The molecule has 6 nitrogen and oxygen atoms in total. The number of hydrogen-bond donors (Lipinski definition) is 1. The van der Waals surface area contributed by atoms with Gasteiger partial charge in [0.15, 0.2) is 0 Å². The number of ether oxygens (including phenoxy) is 1. The molecule has 0 fully saturated rings. The van der Waals surface area contributed by atoms with E-state index in [-0.39, 0.29) is 22.9 Å². The third kappa shape index (κ3) is 3.02. The number of hydrogen-bond acceptors (Lipinski definition) is 4. The van der Waals surface area contributed by atoms with Crippen LogP contribution in [0, 0.1) is 0 Å². The summed E-state index contributed by atoms with van der Waals surface area (Å²) in [7, 11) is -4.00. The van der Waals surface area contributed by atoms with E-state index in [1.54, 1.807) is 0 Å². The second-order valence-electron chi connectivity index (χ2n) is 5.05. The minimum atomic E-state index is -4.00. The minimum absolute atomic E-state index is 0.0103. The molecule has 0 saturated carbocycles. The summed E-state index contributed by atoms with van der Waals surface area (Å²) < 4.78 is 32.2. The Kier molecular flexibility index (Phi) is 4.33. The fraction of sp³-hybridized carbons (Fsp3) is 0.133. The topological polar surface area (TPSA) is 83.9 Å². The summed E-state index contributed by atoms with van der Waals surface area (Å²) in [5, 5.41) is 9.92. The van der Waals surface area contributed by atoms with Crippen LogP contribution < -0.4 is 9.04 Å². The van der Waals surface area contributed by atoms with E-state index in [2.05, 4.69) is 0 Å². The molecule has 126 valence electrons. The third-order valence-corrected chi connectivity index (χ3v) is 5.75. The average Bonchev–Trinajstić information content (AvgIpc) is 2.54. The van der Waals surface area contributed by atoms with E-state index in [4.69, 9.17) is 27.9 Å². The van der Waals surface area contributed by atoms with Crippen LogP contribution in [0.5, 0.6) is 5.75 Å². The summed E-state index contributed by atoms with van der Waals surface area (Å²) in [6, 6.07) is 9.96. The molecular formula is C15H11Cl2NO5S. The Labute approximate surface area is 148 Å². The van der Waals surface area contributed by atoms with E-state index in [0.29, 0.717) is 10.0 Å². The van der Waals surface area contributed by atoms with E-state index in [9.17, 15) is 18.3 Å². The van der Waals surface area contributed by atoms with Gasteiger partial charge >= 0.3 is 5.97 Å². The van der Waals surface area contributed by atoms with Gasteiger partial charge in [0.05, 0.1) is 17.1 Å². The SMILES string of the molecule is O=C(O)C1CN(S(=O)(=O)c2ccc(Cl)cc2)c2cc(Cl)ccc2O1. The zero-order valence-electron chi connectivity index (χ0n) is 12.0. The van der Waals surface area contributed by atoms with Gasteiger partial charge < -0.3 is 9.84 Å². The van der Waals surface area contributed by atoms with Crippen molar-refractivity contribution in [2.45, 2.75) is 11.0 Å². The van der Waals surface area contributed by atoms with Crippen molar-refractivity contribution in [1.82, 2.24) is 0 Å². The van der Waals surface area contributed by atoms with Crippen molar-refractivity contribution in [2.75, 3.05) is 10.8 Å². The van der Waals surface area contributed by atoms with E-state index < -0.39 is 22.1 Å². The first kappa shape index (κ1) is 16.9. The third-order valence-electron chi connectivity index (χ3n) is 3.47. The van der Waals surface area contributed by atoms with Crippen molar-refractivity contribution in [3.63, 3.8) is 0 Å². The number of halogens is 2. The highest BCUT2D eigenvalue weighted by atomic mass is 35.5. The van der Waals surface area contributed by atoms with Gasteiger partial charge in [-0.3, -0.25) is 4.31 Å². The van der Waals surface area contributed by atoms with Crippen LogP contribution in [0.25, 0.3) is 0 Å². The molecule has 0 radical (unpaired) electrons. The van der Waals surface area contributed by atoms with Crippen LogP contribution in [0.1, 0.15) is 0 Å². The second-order valence-corrected chi connectivity index (χ2v) is 7.78. The molecule has 0 saturated heterocycles. The van der Waals surface area contributed by atoms with Crippen LogP contribution in [0.4, 0.5) is 5.69 Å². The number of carbonyl (C=O) groups is 1. The highest BCUT2D eigenvalue weighted by molar-refractivity contribution is 7.92. The molecule has 0 bridgehead atoms. The fourth-order valence-corrected chi connectivity index (χ4v) is 4.07. The second kappa shape index (κ2) is 6.16. The lowest BCUT2D eigenvalue weighted by molar-refractivity contribution is -0.144. The molecule has 2 aromatic carbocycles. The monoisotopic (exact) mass is 387 g/mol. The quantitative estimate of drug-likeness (QED) is 0.874. The molecule has 2 aromatic rings. The number of rotatable bonds is 3. The Hall–Kier alpha value is -1.96. The highest BCUT2D eigenvalue weighted by Crippen LogP contribution is 2.38. The summed E-state index contributed by atoms with van der Waals surface area (Å²) >= 11 is 11.7. The Morgan fingerprint density at radius 1 is 1.12 bits per heavy atom. The number of nitrogens with zero attached hydrogens (tertiary/aromatic N) is 1. The first-order valence-electron chi connectivity index (χ1n) is 6.76. The molecule has 0 aliphatic carbocycles. The van der Waals surface area contributed by atoms with E-state index >= 15 is 0 Å². The molecule has 1 unspecified atom stereocenters. The van der Waals surface area contributed by atoms with Crippen molar-refractivity contribution in [1.29, 1.82) is 0 Å². The molecule has 3 rings (SSSR count). The molecular weight excluding hydrogens is 377 g/mol. The zero-order valence-corrected chi connectivity index (χ0v) is 14.3. The van der Waals surface area contributed by atoms with Gasteiger partial charge in [-0.1, -0.05) is 23.2 Å². The van der Waals surface area contributed by atoms with Gasteiger partial charge in [-0.15, -0.1) is 0 Å². The number of anilines is 1. The Balaban J connectivity index is 2.13. The Bertz CT molecular complexity index is 899. The summed E-state index contributed by atoms with van der Waals surface area (Å²) in [6.07, 6.45) is -1.32. The van der Waals surface area contributed by atoms with Crippen molar-refractivity contribution >= 4 is 44.9 Å². The van der Waals surface area contributed by atoms with Crippen molar-refractivity contribution in [3.05, 3.63) is 52.5 Å². The number of fused-ring (bicyclic) bond motifs is 1. The van der Waals surface area contributed by atoms with E-state index in [0.717, 1.165) is 4.31 Å². The van der Waals surface area contributed by atoms with Crippen LogP contribution in [-0.2, 0) is 14.8 Å². The van der Waals surface area contributed by atoms with Crippen molar-refractivity contribution in [3.8, 4) is 5.75 Å². The predicted molar refractivity (Wildman–Crippen MR) is 89.5 cm³/mol. The summed E-state index contributed by atoms with van der Waals surface area (Å²) in [6.45, 7) is -0.367. The van der Waals surface area contributed by atoms with E-state index in [1.165, 1.54) is 42.5 Å². The number of carboxylic acid groups (broad SMARTS) is 1. The molecule has 1 N–H and O–H groups in total. The van der Waals surface area contributed by atoms with Gasteiger partial charge in [-0.05, 0) is 42.5 Å². The van der Waals surface area contributed by atoms with Gasteiger partial charge in [0, 0.05) is 10.0 Å². The van der Waals surface area contributed by atoms with E-state index in [1.807, 2.05) is 0 Å². The van der Waals surface area contributed by atoms with Crippen molar-refractivity contribution in [2.24, 2.45) is 0 Å². The number of carboxylic acids is 1. The van der Waals surface area contributed by atoms with Crippen LogP contribution in [0.3, 0.4) is 0 Å². The van der Waals surface area contributed by atoms with Crippen LogP contribution in [0.2, 0.25) is 10.0 Å².